The molecule has 0 bridgehead atoms. The lowest BCUT2D eigenvalue weighted by atomic mass is 10.2. The average molecular weight is 246 g/mol. The number of ether oxygens (including phenoxy) is 1. The molecule has 1 aromatic carbocycles. The molecule has 0 fully saturated rings. The van der Waals surface area contributed by atoms with Crippen LogP contribution in [0.2, 0.25) is 0 Å². The summed E-state index contributed by atoms with van der Waals surface area (Å²) in [5, 5.41) is 2.99. The van der Waals surface area contributed by atoms with Gasteiger partial charge in [0, 0.05) is 0 Å². The fraction of sp³-hybridized carbons (Fsp3) is 0.167. The molecule has 94 valence electrons. The van der Waals surface area contributed by atoms with Crippen LogP contribution in [-0.4, -0.2) is 17.1 Å². The third-order valence-corrected chi connectivity index (χ3v) is 2.50. The van der Waals surface area contributed by atoms with E-state index in [1.807, 2.05) is 25.1 Å². The van der Waals surface area contributed by atoms with Crippen molar-refractivity contribution in [1.82, 2.24) is 9.97 Å². The lowest BCUT2D eigenvalue weighted by Crippen LogP contribution is -2.14. The summed E-state index contributed by atoms with van der Waals surface area (Å²) in [5.41, 5.74) is 7.08. The Labute approximate surface area is 104 Å². The minimum Gasteiger partial charge on any atom is -0.495 e. The van der Waals surface area contributed by atoms with Crippen molar-refractivity contribution < 1.29 is 4.74 Å². The SMILES string of the molecule is COc1ccc(C)cc1Nc1nc[nH]c(=O)c1N. The minimum absolute atomic E-state index is 0.0426. The standard InChI is InChI=1S/C12H14N4O2/c1-7-3-4-9(18-2)8(5-7)16-11-10(13)12(17)15-6-14-11/h3-6H,13H2,1-2H3,(H2,14,15,16,17). The largest absolute Gasteiger partial charge is 0.495 e. The number of methoxy groups -OCH3 is 1. The molecule has 6 heteroatoms. The van der Waals surface area contributed by atoms with Gasteiger partial charge in [-0.2, -0.15) is 0 Å². The second kappa shape index (κ2) is 4.79. The Bertz CT molecular complexity index is 622. The van der Waals surface area contributed by atoms with Gasteiger partial charge in [0.1, 0.15) is 11.4 Å². The Morgan fingerprint density at radius 1 is 1.44 bits per heavy atom. The molecule has 0 saturated heterocycles. The van der Waals surface area contributed by atoms with Crippen LogP contribution in [-0.2, 0) is 0 Å². The highest BCUT2D eigenvalue weighted by atomic mass is 16.5. The summed E-state index contributed by atoms with van der Waals surface area (Å²) in [6, 6.07) is 5.65. The maximum atomic E-state index is 11.4. The number of benzene rings is 1. The van der Waals surface area contributed by atoms with Crippen molar-refractivity contribution in [3.8, 4) is 5.75 Å². The Morgan fingerprint density at radius 3 is 2.94 bits per heavy atom. The second-order valence-corrected chi connectivity index (χ2v) is 3.82. The molecule has 0 aliphatic carbocycles. The van der Waals surface area contributed by atoms with Gasteiger partial charge in [0.2, 0.25) is 0 Å². The summed E-state index contributed by atoms with van der Waals surface area (Å²) >= 11 is 0. The smallest absolute Gasteiger partial charge is 0.276 e. The molecule has 0 saturated carbocycles. The van der Waals surface area contributed by atoms with E-state index in [1.165, 1.54) is 6.33 Å². The van der Waals surface area contributed by atoms with Crippen molar-refractivity contribution in [2.24, 2.45) is 0 Å². The highest BCUT2D eigenvalue weighted by Crippen LogP contribution is 2.28. The first-order valence-corrected chi connectivity index (χ1v) is 5.36. The van der Waals surface area contributed by atoms with E-state index in [-0.39, 0.29) is 11.2 Å². The van der Waals surface area contributed by atoms with Gasteiger partial charge >= 0.3 is 0 Å². The molecule has 2 aromatic rings. The van der Waals surface area contributed by atoms with Gasteiger partial charge in [-0.1, -0.05) is 6.07 Å². The van der Waals surface area contributed by atoms with Crippen molar-refractivity contribution in [2.75, 3.05) is 18.2 Å². The zero-order valence-electron chi connectivity index (χ0n) is 10.2. The Hall–Kier alpha value is -2.50. The monoisotopic (exact) mass is 246 g/mol. The fourth-order valence-electron chi connectivity index (χ4n) is 1.56. The molecule has 2 rings (SSSR count). The molecule has 0 amide bonds. The van der Waals surface area contributed by atoms with Crippen LogP contribution >= 0.6 is 0 Å². The van der Waals surface area contributed by atoms with Crippen LogP contribution in [0.4, 0.5) is 17.2 Å². The van der Waals surface area contributed by atoms with Crippen molar-refractivity contribution in [2.45, 2.75) is 6.92 Å². The van der Waals surface area contributed by atoms with Crippen LogP contribution in [0.25, 0.3) is 0 Å². The van der Waals surface area contributed by atoms with Crippen LogP contribution < -0.4 is 21.3 Å². The number of H-pyrrole nitrogens is 1. The van der Waals surface area contributed by atoms with Crippen LogP contribution in [0.5, 0.6) is 5.75 Å². The number of nitrogens with one attached hydrogen (secondary N) is 2. The number of nitrogens with zero attached hydrogens (tertiary/aromatic N) is 1. The number of aromatic amines is 1. The van der Waals surface area contributed by atoms with E-state index < -0.39 is 0 Å². The van der Waals surface area contributed by atoms with Gasteiger partial charge in [-0.15, -0.1) is 0 Å². The number of nitrogen functional groups attached to an aromatic ring is 1. The maximum Gasteiger partial charge on any atom is 0.276 e. The van der Waals surface area contributed by atoms with Gasteiger partial charge in [0.05, 0.1) is 19.1 Å². The Kier molecular flexibility index (Phi) is 3.18. The van der Waals surface area contributed by atoms with Crippen molar-refractivity contribution in [3.63, 3.8) is 0 Å². The summed E-state index contributed by atoms with van der Waals surface area (Å²) in [4.78, 5) is 17.8. The van der Waals surface area contributed by atoms with E-state index in [2.05, 4.69) is 15.3 Å². The molecule has 0 aliphatic heterocycles. The van der Waals surface area contributed by atoms with Gasteiger partial charge in [0.15, 0.2) is 5.82 Å². The molecule has 1 aromatic heterocycles. The predicted octanol–water partition coefficient (Wildman–Crippen LogP) is 1.41. The molecular formula is C12H14N4O2. The summed E-state index contributed by atoms with van der Waals surface area (Å²) in [7, 11) is 1.57. The normalized spacial score (nSPS) is 10.1. The first-order valence-electron chi connectivity index (χ1n) is 5.36. The van der Waals surface area contributed by atoms with Crippen molar-refractivity contribution in [1.29, 1.82) is 0 Å². The quantitative estimate of drug-likeness (QED) is 0.761. The molecule has 0 atom stereocenters. The molecule has 6 nitrogen and oxygen atoms in total. The van der Waals surface area contributed by atoms with E-state index in [0.717, 1.165) is 5.56 Å². The second-order valence-electron chi connectivity index (χ2n) is 3.82. The van der Waals surface area contributed by atoms with Crippen molar-refractivity contribution >= 4 is 17.2 Å². The third kappa shape index (κ3) is 2.27. The van der Waals surface area contributed by atoms with Crippen LogP contribution in [0.3, 0.4) is 0 Å². The first kappa shape index (κ1) is 12.0. The van der Waals surface area contributed by atoms with Crippen molar-refractivity contribution in [3.05, 3.63) is 40.4 Å². The maximum absolute atomic E-state index is 11.4. The number of nitrogens with two attached hydrogens (primary N) is 1. The topological polar surface area (TPSA) is 93.0 Å². The summed E-state index contributed by atoms with van der Waals surface area (Å²) in [5.74, 6) is 0.963. The molecule has 0 radical (unpaired) electrons. The van der Waals surface area contributed by atoms with Crippen LogP contribution in [0, 0.1) is 6.92 Å². The minimum atomic E-state index is -0.376. The highest BCUT2D eigenvalue weighted by Gasteiger charge is 2.08. The van der Waals surface area contributed by atoms with Gasteiger partial charge in [-0.3, -0.25) is 4.79 Å². The number of rotatable bonds is 3. The summed E-state index contributed by atoms with van der Waals surface area (Å²) in [6.45, 7) is 1.96. The number of hydrogen-bond acceptors (Lipinski definition) is 5. The molecule has 18 heavy (non-hydrogen) atoms. The van der Waals surface area contributed by atoms with E-state index >= 15 is 0 Å². The summed E-state index contributed by atoms with van der Waals surface area (Å²) in [6.07, 6.45) is 1.29. The highest BCUT2D eigenvalue weighted by molar-refractivity contribution is 5.71. The van der Waals surface area contributed by atoms with E-state index in [1.54, 1.807) is 7.11 Å². The number of anilines is 3. The van der Waals surface area contributed by atoms with Crippen LogP contribution in [0.1, 0.15) is 5.56 Å². The van der Waals surface area contributed by atoms with E-state index in [9.17, 15) is 4.79 Å². The van der Waals surface area contributed by atoms with Gasteiger partial charge in [-0.05, 0) is 24.6 Å². The van der Waals surface area contributed by atoms with E-state index in [4.69, 9.17) is 10.5 Å². The fourth-order valence-corrected chi connectivity index (χ4v) is 1.56. The zero-order chi connectivity index (χ0) is 13.1. The molecule has 0 aliphatic rings. The predicted molar refractivity (Wildman–Crippen MR) is 70.3 cm³/mol. The van der Waals surface area contributed by atoms with Crippen LogP contribution in [0.15, 0.2) is 29.3 Å². The van der Waals surface area contributed by atoms with Gasteiger partial charge < -0.3 is 20.8 Å². The number of hydrogen-bond donors (Lipinski definition) is 3. The molecule has 0 unspecified atom stereocenters. The lowest BCUT2D eigenvalue weighted by Gasteiger charge is -2.12. The molecule has 0 spiro atoms. The Morgan fingerprint density at radius 2 is 2.22 bits per heavy atom. The summed E-state index contributed by atoms with van der Waals surface area (Å²) < 4.78 is 5.23. The average Bonchev–Trinajstić information content (AvgIpc) is 2.35. The Balaban J connectivity index is 2.42. The molecular weight excluding hydrogens is 232 g/mol. The lowest BCUT2D eigenvalue weighted by molar-refractivity contribution is 0.416. The molecule has 1 heterocycles. The number of aromatic nitrogens is 2. The van der Waals surface area contributed by atoms with Gasteiger partial charge in [-0.25, -0.2) is 4.98 Å². The van der Waals surface area contributed by atoms with E-state index in [0.29, 0.717) is 17.3 Å². The molecule has 4 N–H and O–H groups in total. The first-order chi connectivity index (χ1) is 8.61. The zero-order valence-corrected chi connectivity index (χ0v) is 10.2. The third-order valence-electron chi connectivity index (χ3n) is 2.50. The van der Waals surface area contributed by atoms with Gasteiger partial charge in [0.25, 0.3) is 5.56 Å². The number of aryl methyl sites for hydroxylation is 1.